The van der Waals surface area contributed by atoms with Crippen LogP contribution < -0.4 is 0 Å². The van der Waals surface area contributed by atoms with Crippen molar-refractivity contribution in [1.29, 1.82) is 0 Å². The number of hydrogen-bond acceptors (Lipinski definition) is 2. The first-order valence-corrected chi connectivity index (χ1v) is 5.77. The molecule has 0 spiro atoms. The molecule has 0 atom stereocenters. The molecule has 78 valence electrons. The topological polar surface area (TPSA) is 26.0 Å². The fourth-order valence-electron chi connectivity index (χ4n) is 2.59. The third-order valence-electron chi connectivity index (χ3n) is 3.40. The molecule has 0 aromatic carbocycles. The van der Waals surface area contributed by atoms with E-state index in [1.165, 1.54) is 37.7 Å². The van der Waals surface area contributed by atoms with Gasteiger partial charge >= 0.3 is 0 Å². The number of rotatable bonds is 1. The number of nitrogens with zero attached hydrogens (tertiary/aromatic N) is 1. The molecule has 0 amide bonds. The van der Waals surface area contributed by atoms with Crippen molar-refractivity contribution in [2.24, 2.45) is 0 Å². The smallest absolute Gasteiger partial charge is 0.152 e. The Labute approximate surface area is 89.3 Å². The lowest BCUT2D eigenvalue weighted by molar-refractivity contribution is 0.441. The Morgan fingerprint density at radius 1 is 1.20 bits per heavy atom. The van der Waals surface area contributed by atoms with Gasteiger partial charge in [-0.05, 0) is 30.9 Å². The second-order valence-corrected chi connectivity index (χ2v) is 4.38. The van der Waals surface area contributed by atoms with Crippen molar-refractivity contribution in [1.82, 2.24) is 4.98 Å². The molecule has 0 radical (unpaired) electrons. The molecule has 1 aliphatic carbocycles. The largest absolute Gasteiger partial charge is 0.462 e. The lowest BCUT2D eigenvalue weighted by Gasteiger charge is -2.20. The summed E-state index contributed by atoms with van der Waals surface area (Å²) in [4.78, 5) is 4.42. The van der Waals surface area contributed by atoms with Crippen molar-refractivity contribution >= 4 is 11.1 Å². The zero-order chi connectivity index (χ0) is 10.1. The molecule has 0 unspecified atom stereocenters. The van der Waals surface area contributed by atoms with Gasteiger partial charge in [0.25, 0.3) is 0 Å². The molecule has 2 heterocycles. The molecule has 2 aromatic heterocycles. The van der Waals surface area contributed by atoms with E-state index in [-0.39, 0.29) is 0 Å². The molecular formula is C13H15NO. The van der Waals surface area contributed by atoms with Crippen LogP contribution in [0.2, 0.25) is 0 Å². The minimum atomic E-state index is 0.676. The molecule has 1 fully saturated rings. The molecule has 15 heavy (non-hydrogen) atoms. The summed E-state index contributed by atoms with van der Waals surface area (Å²) in [5.74, 6) is 0.676. The lowest BCUT2D eigenvalue weighted by atomic mass is 9.85. The van der Waals surface area contributed by atoms with Crippen molar-refractivity contribution in [2.45, 2.75) is 38.0 Å². The summed E-state index contributed by atoms with van der Waals surface area (Å²) in [5, 5.41) is 0. The second kappa shape index (κ2) is 3.69. The van der Waals surface area contributed by atoms with Crippen LogP contribution in [0.5, 0.6) is 0 Å². The van der Waals surface area contributed by atoms with E-state index < -0.39 is 0 Å². The van der Waals surface area contributed by atoms with Crippen molar-refractivity contribution in [3.05, 3.63) is 30.2 Å². The van der Waals surface area contributed by atoms with E-state index in [0.717, 1.165) is 11.1 Å². The van der Waals surface area contributed by atoms with Gasteiger partial charge in [0.15, 0.2) is 5.58 Å². The molecule has 2 aromatic rings. The van der Waals surface area contributed by atoms with Crippen LogP contribution in [0.3, 0.4) is 0 Å². The quantitative estimate of drug-likeness (QED) is 0.699. The average Bonchev–Trinajstić information content (AvgIpc) is 2.74. The van der Waals surface area contributed by atoms with E-state index in [4.69, 9.17) is 4.42 Å². The average molecular weight is 201 g/mol. The van der Waals surface area contributed by atoms with Gasteiger partial charge in [0.2, 0.25) is 0 Å². The van der Waals surface area contributed by atoms with E-state index in [1.54, 1.807) is 0 Å². The van der Waals surface area contributed by atoms with Crippen LogP contribution in [0.15, 0.2) is 29.0 Å². The van der Waals surface area contributed by atoms with Gasteiger partial charge in [0.1, 0.15) is 5.52 Å². The van der Waals surface area contributed by atoms with Crippen LogP contribution in [0.25, 0.3) is 11.1 Å². The molecule has 3 rings (SSSR count). The van der Waals surface area contributed by atoms with Crippen molar-refractivity contribution in [2.75, 3.05) is 0 Å². The number of pyridine rings is 1. The van der Waals surface area contributed by atoms with Crippen molar-refractivity contribution in [3.63, 3.8) is 0 Å². The van der Waals surface area contributed by atoms with E-state index in [2.05, 4.69) is 4.98 Å². The molecular weight excluding hydrogens is 186 g/mol. The summed E-state index contributed by atoms with van der Waals surface area (Å²) >= 11 is 0. The summed E-state index contributed by atoms with van der Waals surface area (Å²) in [6.45, 7) is 0. The predicted octanol–water partition coefficient (Wildman–Crippen LogP) is 3.88. The van der Waals surface area contributed by atoms with Gasteiger partial charge in [-0.25, -0.2) is 0 Å². The maximum atomic E-state index is 5.54. The molecule has 2 heteroatoms. The summed E-state index contributed by atoms with van der Waals surface area (Å²) in [7, 11) is 0. The van der Waals surface area contributed by atoms with Gasteiger partial charge in [-0.2, -0.15) is 0 Å². The van der Waals surface area contributed by atoms with Crippen LogP contribution in [0.4, 0.5) is 0 Å². The fourth-order valence-corrected chi connectivity index (χ4v) is 2.59. The lowest BCUT2D eigenvalue weighted by Crippen LogP contribution is -2.03. The third-order valence-corrected chi connectivity index (χ3v) is 3.40. The predicted molar refractivity (Wildman–Crippen MR) is 59.8 cm³/mol. The normalized spacial score (nSPS) is 18.4. The Kier molecular flexibility index (Phi) is 2.20. The summed E-state index contributed by atoms with van der Waals surface area (Å²) in [6.07, 6.45) is 10.4. The summed E-state index contributed by atoms with van der Waals surface area (Å²) < 4.78 is 5.54. The zero-order valence-corrected chi connectivity index (χ0v) is 8.78. The highest BCUT2D eigenvalue weighted by molar-refractivity contribution is 5.76. The third kappa shape index (κ3) is 1.54. The van der Waals surface area contributed by atoms with Gasteiger partial charge in [-0.1, -0.05) is 19.3 Å². The summed E-state index contributed by atoms with van der Waals surface area (Å²) in [5.41, 5.74) is 3.33. The molecule has 2 nitrogen and oxygen atoms in total. The van der Waals surface area contributed by atoms with E-state index in [9.17, 15) is 0 Å². The standard InChI is InChI=1S/C13H15NO/c1-2-5-10(6-3-1)11-9-15-12-7-4-8-14-13(11)12/h4,7-10H,1-3,5-6H2. The Bertz CT molecular complexity index is 454. The molecule has 1 aliphatic rings. The maximum absolute atomic E-state index is 5.54. The van der Waals surface area contributed by atoms with E-state index in [0.29, 0.717) is 5.92 Å². The Balaban J connectivity index is 2.02. The van der Waals surface area contributed by atoms with Crippen LogP contribution >= 0.6 is 0 Å². The minimum absolute atomic E-state index is 0.676. The molecule has 0 saturated heterocycles. The van der Waals surface area contributed by atoms with Crippen LogP contribution in [0, 0.1) is 0 Å². The first-order chi connectivity index (χ1) is 7.45. The van der Waals surface area contributed by atoms with Gasteiger partial charge in [0, 0.05) is 11.8 Å². The van der Waals surface area contributed by atoms with Crippen molar-refractivity contribution in [3.8, 4) is 0 Å². The van der Waals surface area contributed by atoms with Crippen LogP contribution in [0.1, 0.15) is 43.6 Å². The number of furan rings is 1. The second-order valence-electron chi connectivity index (χ2n) is 4.38. The van der Waals surface area contributed by atoms with E-state index >= 15 is 0 Å². The van der Waals surface area contributed by atoms with Gasteiger partial charge in [-0.15, -0.1) is 0 Å². The number of aromatic nitrogens is 1. The zero-order valence-electron chi connectivity index (χ0n) is 8.78. The van der Waals surface area contributed by atoms with Crippen LogP contribution in [-0.4, -0.2) is 4.98 Å². The minimum Gasteiger partial charge on any atom is -0.462 e. The molecule has 0 bridgehead atoms. The van der Waals surface area contributed by atoms with Crippen LogP contribution in [-0.2, 0) is 0 Å². The highest BCUT2D eigenvalue weighted by Crippen LogP contribution is 2.36. The van der Waals surface area contributed by atoms with Gasteiger partial charge < -0.3 is 4.42 Å². The maximum Gasteiger partial charge on any atom is 0.152 e. The molecule has 1 saturated carbocycles. The van der Waals surface area contributed by atoms with Gasteiger partial charge in [-0.3, -0.25) is 4.98 Å². The first kappa shape index (κ1) is 8.96. The SMILES string of the molecule is c1cnc2c(C3CCCCC3)coc2c1. The Morgan fingerprint density at radius 3 is 2.93 bits per heavy atom. The number of hydrogen-bond donors (Lipinski definition) is 0. The number of fused-ring (bicyclic) bond motifs is 1. The Hall–Kier alpha value is -1.31. The molecule has 0 N–H and O–H groups in total. The highest BCUT2D eigenvalue weighted by atomic mass is 16.3. The Morgan fingerprint density at radius 2 is 2.07 bits per heavy atom. The molecule has 0 aliphatic heterocycles. The summed E-state index contributed by atoms with van der Waals surface area (Å²) in [6, 6.07) is 3.92. The highest BCUT2D eigenvalue weighted by Gasteiger charge is 2.20. The van der Waals surface area contributed by atoms with E-state index in [1.807, 2.05) is 24.6 Å². The van der Waals surface area contributed by atoms with Crippen molar-refractivity contribution < 1.29 is 4.42 Å². The van der Waals surface area contributed by atoms with Gasteiger partial charge in [0.05, 0.1) is 6.26 Å². The fraction of sp³-hybridized carbons (Fsp3) is 0.462. The monoisotopic (exact) mass is 201 g/mol. The first-order valence-electron chi connectivity index (χ1n) is 5.77.